The highest BCUT2D eigenvalue weighted by atomic mass is 32.2. The Labute approximate surface area is 105 Å². The largest absolute Gasteiger partial charge is 0.382 e. The van der Waals surface area contributed by atoms with Crippen LogP contribution in [0.1, 0.15) is 23.8 Å². The number of amides is 1. The Balaban J connectivity index is 2.17. The minimum atomic E-state index is -3.01. The summed E-state index contributed by atoms with van der Waals surface area (Å²) in [5, 5.41) is 6.25. The number of H-pyrrole nitrogens is 1. The molecule has 8 heteroatoms. The van der Waals surface area contributed by atoms with Crippen LogP contribution in [0.4, 0.5) is 5.82 Å². The highest BCUT2D eigenvalue weighted by Crippen LogP contribution is 2.19. The second-order valence-electron chi connectivity index (χ2n) is 4.35. The molecule has 100 valence electrons. The van der Waals surface area contributed by atoms with Gasteiger partial charge in [0.05, 0.1) is 11.5 Å². The van der Waals surface area contributed by atoms with Gasteiger partial charge in [-0.2, -0.15) is 5.10 Å². The standard InChI is InChI=1S/C10H16N4O3S/c1-2-14(7-3-4-18(16,17)6-7)10(15)8-5-9(11)13-12-8/h5,7H,2-4,6H2,1H3,(H3,11,12,13). The van der Waals surface area contributed by atoms with E-state index in [1.165, 1.54) is 6.07 Å². The molecule has 2 heterocycles. The molecule has 1 fully saturated rings. The van der Waals surface area contributed by atoms with Crippen molar-refractivity contribution in [2.45, 2.75) is 19.4 Å². The first-order valence-electron chi connectivity index (χ1n) is 5.75. The molecule has 0 saturated carbocycles. The van der Waals surface area contributed by atoms with Gasteiger partial charge in [-0.25, -0.2) is 8.42 Å². The summed E-state index contributed by atoms with van der Waals surface area (Å²) < 4.78 is 22.9. The molecule has 18 heavy (non-hydrogen) atoms. The van der Waals surface area contributed by atoms with E-state index in [4.69, 9.17) is 5.73 Å². The van der Waals surface area contributed by atoms with Crippen molar-refractivity contribution in [3.8, 4) is 0 Å². The molecule has 1 amide bonds. The highest BCUT2D eigenvalue weighted by Gasteiger charge is 2.34. The van der Waals surface area contributed by atoms with Crippen molar-refractivity contribution >= 4 is 21.6 Å². The number of anilines is 1. The van der Waals surface area contributed by atoms with Crippen molar-refractivity contribution in [2.24, 2.45) is 0 Å². The smallest absolute Gasteiger partial charge is 0.272 e. The molecule has 0 aromatic carbocycles. The zero-order chi connectivity index (χ0) is 13.3. The lowest BCUT2D eigenvalue weighted by atomic mass is 10.2. The van der Waals surface area contributed by atoms with E-state index in [0.29, 0.717) is 18.7 Å². The van der Waals surface area contributed by atoms with E-state index in [2.05, 4.69) is 10.2 Å². The summed E-state index contributed by atoms with van der Waals surface area (Å²) in [6, 6.07) is 1.20. The minimum absolute atomic E-state index is 0.0379. The Bertz CT molecular complexity index is 551. The molecule has 0 aliphatic carbocycles. The van der Waals surface area contributed by atoms with Gasteiger partial charge in [0.25, 0.3) is 5.91 Å². The molecule has 1 aromatic heterocycles. The molecule has 0 bridgehead atoms. The lowest BCUT2D eigenvalue weighted by Gasteiger charge is -2.26. The summed E-state index contributed by atoms with van der Waals surface area (Å²) in [6.45, 7) is 2.28. The van der Waals surface area contributed by atoms with Crippen LogP contribution in [0.5, 0.6) is 0 Å². The number of carbonyl (C=O) groups excluding carboxylic acids is 1. The average Bonchev–Trinajstić information content (AvgIpc) is 2.86. The number of nitrogens with two attached hydrogens (primary N) is 1. The van der Waals surface area contributed by atoms with Crippen molar-refractivity contribution in [3.05, 3.63) is 11.8 Å². The van der Waals surface area contributed by atoms with Gasteiger partial charge in [-0.15, -0.1) is 0 Å². The van der Waals surface area contributed by atoms with Gasteiger partial charge in [-0.1, -0.05) is 0 Å². The summed E-state index contributed by atoms with van der Waals surface area (Å²) in [4.78, 5) is 13.7. The molecule has 1 saturated heterocycles. The van der Waals surface area contributed by atoms with Crippen molar-refractivity contribution in [1.82, 2.24) is 15.1 Å². The van der Waals surface area contributed by atoms with Gasteiger partial charge in [0.2, 0.25) is 0 Å². The van der Waals surface area contributed by atoms with Gasteiger partial charge in [0, 0.05) is 18.7 Å². The van der Waals surface area contributed by atoms with E-state index in [9.17, 15) is 13.2 Å². The second kappa shape index (κ2) is 4.60. The SMILES string of the molecule is CCN(C(=O)c1cc(N)n[nH]1)C1CCS(=O)(=O)C1. The molecule has 1 aliphatic heterocycles. The first-order chi connectivity index (χ1) is 8.43. The molecule has 1 aliphatic rings. The van der Waals surface area contributed by atoms with Crippen LogP contribution in [0.15, 0.2) is 6.07 Å². The third-order valence-electron chi connectivity index (χ3n) is 3.08. The fourth-order valence-electron chi connectivity index (χ4n) is 2.19. The molecular formula is C10H16N4O3S. The third-order valence-corrected chi connectivity index (χ3v) is 4.83. The maximum Gasteiger partial charge on any atom is 0.272 e. The van der Waals surface area contributed by atoms with E-state index in [0.717, 1.165) is 0 Å². The Morgan fingerprint density at radius 3 is 2.83 bits per heavy atom. The fraction of sp³-hybridized carbons (Fsp3) is 0.600. The Morgan fingerprint density at radius 2 is 2.39 bits per heavy atom. The number of aromatic nitrogens is 2. The zero-order valence-electron chi connectivity index (χ0n) is 10.1. The Hall–Kier alpha value is -1.57. The lowest BCUT2D eigenvalue weighted by molar-refractivity contribution is 0.0702. The maximum atomic E-state index is 12.2. The molecule has 0 spiro atoms. The summed E-state index contributed by atoms with van der Waals surface area (Å²) in [5.74, 6) is 0.167. The summed E-state index contributed by atoms with van der Waals surface area (Å²) in [7, 11) is -3.01. The number of hydrogen-bond acceptors (Lipinski definition) is 5. The minimum Gasteiger partial charge on any atom is -0.382 e. The number of sulfone groups is 1. The molecule has 0 radical (unpaired) electrons. The van der Waals surface area contributed by atoms with Crippen LogP contribution in [0.2, 0.25) is 0 Å². The molecule has 1 aromatic rings. The van der Waals surface area contributed by atoms with Crippen LogP contribution >= 0.6 is 0 Å². The van der Waals surface area contributed by atoms with Crippen molar-refractivity contribution in [3.63, 3.8) is 0 Å². The van der Waals surface area contributed by atoms with Crippen molar-refractivity contribution in [2.75, 3.05) is 23.8 Å². The molecule has 1 unspecified atom stereocenters. The average molecular weight is 272 g/mol. The number of rotatable bonds is 3. The number of hydrogen-bond donors (Lipinski definition) is 2. The van der Waals surface area contributed by atoms with E-state index in [1.807, 2.05) is 6.92 Å². The third kappa shape index (κ3) is 2.47. The highest BCUT2D eigenvalue weighted by molar-refractivity contribution is 7.91. The number of carbonyl (C=O) groups is 1. The van der Waals surface area contributed by atoms with Crippen LogP contribution < -0.4 is 5.73 Å². The van der Waals surface area contributed by atoms with Gasteiger partial charge in [-0.3, -0.25) is 9.89 Å². The zero-order valence-corrected chi connectivity index (χ0v) is 10.9. The molecular weight excluding hydrogens is 256 g/mol. The molecule has 2 rings (SSSR count). The molecule has 1 atom stereocenters. The number of nitrogens with one attached hydrogen (secondary N) is 1. The van der Waals surface area contributed by atoms with Gasteiger partial charge >= 0.3 is 0 Å². The van der Waals surface area contributed by atoms with Crippen molar-refractivity contribution < 1.29 is 13.2 Å². The first kappa shape index (κ1) is 12.9. The van der Waals surface area contributed by atoms with Gasteiger partial charge in [0.1, 0.15) is 11.5 Å². The van der Waals surface area contributed by atoms with E-state index in [-0.39, 0.29) is 29.3 Å². The van der Waals surface area contributed by atoms with Crippen LogP contribution in [-0.2, 0) is 9.84 Å². The van der Waals surface area contributed by atoms with Gasteiger partial charge in [0.15, 0.2) is 9.84 Å². The van der Waals surface area contributed by atoms with Gasteiger partial charge in [-0.05, 0) is 13.3 Å². The Morgan fingerprint density at radius 1 is 1.67 bits per heavy atom. The van der Waals surface area contributed by atoms with E-state index < -0.39 is 9.84 Å². The quantitative estimate of drug-likeness (QED) is 0.781. The van der Waals surface area contributed by atoms with E-state index in [1.54, 1.807) is 4.90 Å². The number of nitrogens with zero attached hydrogens (tertiary/aromatic N) is 2. The lowest BCUT2D eigenvalue weighted by Crippen LogP contribution is -2.41. The number of aromatic amines is 1. The predicted molar refractivity (Wildman–Crippen MR) is 66.8 cm³/mol. The summed E-state index contributed by atoms with van der Waals surface area (Å²) in [5.41, 5.74) is 5.74. The molecule has 3 N–H and O–H groups in total. The summed E-state index contributed by atoms with van der Waals surface area (Å²) in [6.07, 6.45) is 0.492. The topological polar surface area (TPSA) is 109 Å². The number of nitrogen functional groups attached to an aromatic ring is 1. The molecule has 7 nitrogen and oxygen atoms in total. The predicted octanol–water partition coefficient (Wildman–Crippen LogP) is -0.359. The van der Waals surface area contributed by atoms with Crippen LogP contribution in [-0.4, -0.2) is 53.5 Å². The van der Waals surface area contributed by atoms with Crippen molar-refractivity contribution in [1.29, 1.82) is 0 Å². The van der Waals surface area contributed by atoms with Crippen LogP contribution in [0.3, 0.4) is 0 Å². The van der Waals surface area contributed by atoms with E-state index >= 15 is 0 Å². The Kier molecular flexibility index (Phi) is 3.29. The fourth-order valence-corrected chi connectivity index (χ4v) is 3.92. The second-order valence-corrected chi connectivity index (χ2v) is 6.58. The first-order valence-corrected chi connectivity index (χ1v) is 7.57. The van der Waals surface area contributed by atoms with Crippen LogP contribution in [0.25, 0.3) is 0 Å². The summed E-state index contributed by atoms with van der Waals surface area (Å²) >= 11 is 0. The monoisotopic (exact) mass is 272 g/mol. The van der Waals surface area contributed by atoms with Gasteiger partial charge < -0.3 is 10.6 Å². The van der Waals surface area contributed by atoms with Crippen LogP contribution in [0, 0.1) is 0 Å². The maximum absolute atomic E-state index is 12.2. The normalized spacial score (nSPS) is 21.9.